The maximum atomic E-state index is 11.7. The number of piperidine rings is 1. The number of hydrogen-bond acceptors (Lipinski definition) is 5. The highest BCUT2D eigenvalue weighted by Gasteiger charge is 2.47. The quantitative estimate of drug-likeness (QED) is 0.603. The van der Waals surface area contributed by atoms with Crippen LogP contribution in [0.1, 0.15) is 59.3 Å². The molecule has 6 nitrogen and oxygen atoms in total. The molecule has 1 aliphatic carbocycles. The van der Waals surface area contributed by atoms with Crippen molar-refractivity contribution in [1.29, 1.82) is 0 Å². The topological polar surface area (TPSA) is 68.7 Å². The lowest BCUT2D eigenvalue weighted by Gasteiger charge is -2.57. The molecule has 5 rings (SSSR count). The Labute approximate surface area is 177 Å². The first-order valence-electron chi connectivity index (χ1n) is 11.1. The molecule has 158 valence electrons. The fraction of sp³-hybridized carbons (Fsp3) is 0.500. The van der Waals surface area contributed by atoms with Crippen LogP contribution in [0.3, 0.4) is 0 Å². The predicted octanol–water partition coefficient (Wildman–Crippen LogP) is 3.15. The molecule has 2 aromatic rings. The second-order valence-electron chi connectivity index (χ2n) is 9.12. The summed E-state index contributed by atoms with van der Waals surface area (Å²) in [6.45, 7) is 4.09. The molecule has 2 fully saturated rings. The summed E-state index contributed by atoms with van der Waals surface area (Å²) in [5.74, 6) is -0.495. The van der Waals surface area contributed by atoms with Gasteiger partial charge in [0.1, 0.15) is 0 Å². The first-order valence-corrected chi connectivity index (χ1v) is 11.1. The van der Waals surface area contributed by atoms with Gasteiger partial charge in [-0.25, -0.2) is 5.48 Å². The van der Waals surface area contributed by atoms with Crippen molar-refractivity contribution in [2.45, 2.75) is 63.2 Å². The highest BCUT2D eigenvalue weighted by Crippen LogP contribution is 2.46. The number of fused-ring (bicyclic) bond motifs is 1. The average molecular weight is 407 g/mol. The molecule has 0 unspecified atom stereocenters. The van der Waals surface area contributed by atoms with E-state index in [9.17, 15) is 4.79 Å². The molecule has 1 saturated carbocycles. The molecule has 1 aromatic carbocycles. The van der Waals surface area contributed by atoms with Gasteiger partial charge in [-0.15, -0.1) is 0 Å². The van der Waals surface area contributed by atoms with Crippen LogP contribution in [0.4, 0.5) is 0 Å². The van der Waals surface area contributed by atoms with Crippen molar-refractivity contribution in [3.8, 4) is 0 Å². The van der Waals surface area contributed by atoms with Crippen LogP contribution in [0.2, 0.25) is 0 Å². The van der Waals surface area contributed by atoms with E-state index in [4.69, 9.17) is 5.21 Å². The molecule has 1 atom stereocenters. The van der Waals surface area contributed by atoms with E-state index in [1.807, 2.05) is 6.07 Å². The highest BCUT2D eigenvalue weighted by molar-refractivity contribution is 5.93. The van der Waals surface area contributed by atoms with Gasteiger partial charge in [0, 0.05) is 44.0 Å². The molecule has 1 saturated heterocycles. The first-order chi connectivity index (χ1) is 14.7. The van der Waals surface area contributed by atoms with Gasteiger partial charge in [-0.05, 0) is 55.7 Å². The van der Waals surface area contributed by atoms with Crippen molar-refractivity contribution in [3.05, 3.63) is 65.0 Å². The fourth-order valence-corrected chi connectivity index (χ4v) is 5.61. The zero-order chi connectivity index (χ0) is 20.6. The van der Waals surface area contributed by atoms with E-state index in [-0.39, 0.29) is 0 Å². The third-order valence-corrected chi connectivity index (χ3v) is 7.48. The van der Waals surface area contributed by atoms with Crippen LogP contribution in [0, 0.1) is 0 Å². The molecule has 2 N–H and O–H groups in total. The highest BCUT2D eigenvalue weighted by atomic mass is 16.5. The summed E-state index contributed by atoms with van der Waals surface area (Å²) in [5, 5.41) is 8.86. The number of aromatic nitrogens is 1. The number of hydrogen-bond donors (Lipinski definition) is 2. The lowest BCUT2D eigenvalue weighted by molar-refractivity contribution is -0.0591. The van der Waals surface area contributed by atoms with Crippen molar-refractivity contribution in [1.82, 2.24) is 20.3 Å². The number of nitrogens with zero attached hydrogens (tertiary/aromatic N) is 3. The normalized spacial score (nSPS) is 23.6. The Morgan fingerprint density at radius 3 is 2.80 bits per heavy atom. The van der Waals surface area contributed by atoms with Crippen LogP contribution < -0.4 is 5.48 Å². The number of rotatable bonds is 4. The van der Waals surface area contributed by atoms with Crippen molar-refractivity contribution in [2.24, 2.45) is 0 Å². The Hall–Kier alpha value is -2.28. The number of carbonyl (C=O) groups is 1. The van der Waals surface area contributed by atoms with Crippen LogP contribution in [0.15, 0.2) is 42.6 Å². The zero-order valence-corrected chi connectivity index (χ0v) is 17.4. The Morgan fingerprint density at radius 1 is 1.23 bits per heavy atom. The van der Waals surface area contributed by atoms with Gasteiger partial charge in [0.25, 0.3) is 5.91 Å². The Morgan fingerprint density at radius 2 is 2.07 bits per heavy atom. The molecule has 3 heterocycles. The van der Waals surface area contributed by atoms with Gasteiger partial charge < -0.3 is 0 Å². The Bertz CT molecular complexity index is 913. The van der Waals surface area contributed by atoms with Gasteiger partial charge in [0.15, 0.2) is 0 Å². The summed E-state index contributed by atoms with van der Waals surface area (Å²) < 4.78 is 0. The lowest BCUT2D eigenvalue weighted by atomic mass is 9.68. The van der Waals surface area contributed by atoms with E-state index in [1.54, 1.807) is 11.7 Å². The summed E-state index contributed by atoms with van der Waals surface area (Å²) >= 11 is 0. The molecule has 2 aliphatic heterocycles. The fourth-order valence-electron chi connectivity index (χ4n) is 5.61. The minimum atomic E-state index is -0.495. The minimum Gasteiger partial charge on any atom is -0.294 e. The molecule has 1 spiro atoms. The Balaban J connectivity index is 1.27. The van der Waals surface area contributed by atoms with E-state index in [1.165, 1.54) is 37.7 Å². The number of amides is 1. The summed E-state index contributed by atoms with van der Waals surface area (Å²) in [5.41, 5.74) is 6.12. The van der Waals surface area contributed by atoms with E-state index < -0.39 is 5.91 Å². The molecule has 3 aliphatic rings. The van der Waals surface area contributed by atoms with Crippen LogP contribution >= 0.6 is 0 Å². The molecule has 0 radical (unpaired) electrons. The monoisotopic (exact) mass is 406 g/mol. The molecule has 1 amide bonds. The Kier molecular flexibility index (Phi) is 5.31. The summed E-state index contributed by atoms with van der Waals surface area (Å²) in [7, 11) is 0. The summed E-state index contributed by atoms with van der Waals surface area (Å²) in [6.07, 6.45) is 8.92. The van der Waals surface area contributed by atoms with Gasteiger partial charge in [-0.2, -0.15) is 0 Å². The number of nitrogens with one attached hydrogen (secondary N) is 1. The predicted molar refractivity (Wildman–Crippen MR) is 114 cm³/mol. The second-order valence-corrected chi connectivity index (χ2v) is 9.12. The molecular weight excluding hydrogens is 376 g/mol. The number of carbonyl (C=O) groups excluding carboxylic acids is 1. The van der Waals surface area contributed by atoms with Crippen LogP contribution in [0.25, 0.3) is 0 Å². The SMILES string of the molecule is O=C(NO)c1cnc2c(c1)CCN([C@@H]1CCN(Cc3ccccc3)C3(CCC3)C1)C2. The van der Waals surface area contributed by atoms with Gasteiger partial charge in [-0.1, -0.05) is 30.3 Å². The van der Waals surface area contributed by atoms with Crippen molar-refractivity contribution in [2.75, 3.05) is 13.1 Å². The number of benzene rings is 1. The smallest absolute Gasteiger partial charge is 0.276 e. The molecule has 0 bridgehead atoms. The maximum absolute atomic E-state index is 11.7. The van der Waals surface area contributed by atoms with Crippen LogP contribution in [-0.2, 0) is 19.5 Å². The molecule has 1 aromatic heterocycles. The molecular formula is C24H30N4O2. The van der Waals surface area contributed by atoms with Crippen molar-refractivity contribution >= 4 is 5.91 Å². The van der Waals surface area contributed by atoms with E-state index in [0.29, 0.717) is 17.1 Å². The van der Waals surface area contributed by atoms with E-state index in [2.05, 4.69) is 45.1 Å². The third-order valence-electron chi connectivity index (χ3n) is 7.48. The minimum absolute atomic E-state index is 0.371. The van der Waals surface area contributed by atoms with Gasteiger partial charge in [0.05, 0.1) is 11.3 Å². The maximum Gasteiger partial charge on any atom is 0.276 e. The summed E-state index contributed by atoms with van der Waals surface area (Å²) in [6, 6.07) is 13.4. The van der Waals surface area contributed by atoms with Gasteiger partial charge in [0.2, 0.25) is 0 Å². The average Bonchev–Trinajstić information content (AvgIpc) is 2.77. The van der Waals surface area contributed by atoms with E-state index in [0.717, 1.165) is 43.9 Å². The standard InChI is InChI=1S/C24H30N4O2/c29-23(26-30)20-13-19-7-11-27(17-22(19)25-15-20)21-8-12-28(24(14-21)9-4-10-24)16-18-5-2-1-3-6-18/h1-3,5-6,13,15,21,30H,4,7-12,14,16-17H2,(H,26,29)/t21-/m1/s1. The van der Waals surface area contributed by atoms with Crippen LogP contribution in [-0.4, -0.2) is 50.6 Å². The van der Waals surface area contributed by atoms with Crippen molar-refractivity contribution < 1.29 is 10.0 Å². The number of hydroxylamine groups is 1. The zero-order valence-electron chi connectivity index (χ0n) is 17.4. The van der Waals surface area contributed by atoms with Crippen LogP contribution in [0.5, 0.6) is 0 Å². The lowest BCUT2D eigenvalue weighted by Crippen LogP contribution is -2.61. The number of pyridine rings is 1. The van der Waals surface area contributed by atoms with Gasteiger partial charge >= 0.3 is 0 Å². The van der Waals surface area contributed by atoms with Crippen molar-refractivity contribution in [3.63, 3.8) is 0 Å². The molecule has 6 heteroatoms. The molecule has 30 heavy (non-hydrogen) atoms. The second kappa shape index (κ2) is 8.10. The summed E-state index contributed by atoms with van der Waals surface area (Å²) in [4.78, 5) is 21.6. The first kappa shape index (κ1) is 19.7. The third kappa shape index (κ3) is 3.64. The number of likely N-dealkylation sites (tertiary alicyclic amines) is 1. The van der Waals surface area contributed by atoms with E-state index >= 15 is 0 Å². The van der Waals surface area contributed by atoms with Gasteiger partial charge in [-0.3, -0.25) is 24.8 Å². The largest absolute Gasteiger partial charge is 0.294 e.